The van der Waals surface area contributed by atoms with Crippen molar-refractivity contribution >= 4 is 5.97 Å². The standard InChI is InChI=1S/C26H42O7/c1-4-21(31)33-23(19(29)13-27)26(32)10-9-25(14-28)16(12-26)11-15(2)22-17-5-6-20(30)24(17,3)8-7-18(22)25/h12,15,17-20,22-23,27-30,32H,4-11,13-14H2,1-3H3/t15-,17+,18+,19?,20+,22+,23?,24+,25-,26+/m1/s1. The Hall–Kier alpha value is -0.990. The number of carbonyl (C=O) groups excluding carboxylic acids is 1. The summed E-state index contributed by atoms with van der Waals surface area (Å²) in [5, 5.41) is 53.1. The molecule has 0 aromatic carbocycles. The van der Waals surface area contributed by atoms with E-state index in [0.717, 1.165) is 37.7 Å². The number of fused-ring (bicyclic) bond motifs is 5. The van der Waals surface area contributed by atoms with Crippen LogP contribution in [0.3, 0.4) is 0 Å². The van der Waals surface area contributed by atoms with E-state index in [0.29, 0.717) is 24.2 Å². The zero-order valence-electron chi connectivity index (χ0n) is 20.2. The molecule has 7 nitrogen and oxygen atoms in total. The lowest BCUT2D eigenvalue weighted by molar-refractivity contribution is -0.182. The van der Waals surface area contributed by atoms with Gasteiger partial charge in [-0.15, -0.1) is 0 Å². The molecule has 10 atom stereocenters. The van der Waals surface area contributed by atoms with E-state index in [1.165, 1.54) is 0 Å². The maximum Gasteiger partial charge on any atom is 0.305 e. The fraction of sp³-hybridized carbons (Fsp3) is 0.885. The van der Waals surface area contributed by atoms with E-state index in [2.05, 4.69) is 13.8 Å². The molecule has 3 fully saturated rings. The van der Waals surface area contributed by atoms with Crippen LogP contribution in [0.5, 0.6) is 0 Å². The molecule has 0 saturated heterocycles. The molecule has 0 aromatic heterocycles. The summed E-state index contributed by atoms with van der Waals surface area (Å²) in [4.78, 5) is 12.0. The number of carbonyl (C=O) groups is 1. The number of hydrogen-bond donors (Lipinski definition) is 5. The number of ether oxygens (including phenoxy) is 1. The molecule has 7 heteroatoms. The molecule has 0 heterocycles. The summed E-state index contributed by atoms with van der Waals surface area (Å²) in [5.41, 5.74) is -1.12. The third kappa shape index (κ3) is 3.79. The third-order valence-electron chi connectivity index (χ3n) is 10.1. The lowest BCUT2D eigenvalue weighted by atomic mass is 9.44. The SMILES string of the molecule is CCC(=O)OC(C(O)CO)[C@@]1(O)C=C2C[C@@H](C)[C@@H]3[C@H](CC[C@]4(C)[C@@H](O)CC[C@@H]34)[C@@]2(CO)CC1. The predicted molar refractivity (Wildman–Crippen MR) is 122 cm³/mol. The van der Waals surface area contributed by atoms with E-state index in [1.807, 2.05) is 0 Å². The highest BCUT2D eigenvalue weighted by molar-refractivity contribution is 5.69. The van der Waals surface area contributed by atoms with Crippen LogP contribution >= 0.6 is 0 Å². The summed E-state index contributed by atoms with van der Waals surface area (Å²) < 4.78 is 5.42. The van der Waals surface area contributed by atoms with Gasteiger partial charge >= 0.3 is 5.97 Å². The first-order chi connectivity index (χ1) is 15.6. The normalized spacial score (nSPS) is 46.4. The van der Waals surface area contributed by atoms with Gasteiger partial charge < -0.3 is 30.3 Å². The molecule has 4 aliphatic carbocycles. The molecular weight excluding hydrogens is 424 g/mol. The van der Waals surface area contributed by atoms with Gasteiger partial charge in [-0.25, -0.2) is 0 Å². The Morgan fingerprint density at radius 1 is 1.18 bits per heavy atom. The number of rotatable bonds is 6. The van der Waals surface area contributed by atoms with E-state index >= 15 is 0 Å². The third-order valence-corrected chi connectivity index (χ3v) is 10.1. The van der Waals surface area contributed by atoms with Crippen molar-refractivity contribution in [3.05, 3.63) is 11.6 Å². The van der Waals surface area contributed by atoms with Gasteiger partial charge in [-0.3, -0.25) is 4.79 Å². The molecule has 0 bridgehead atoms. The van der Waals surface area contributed by atoms with Crippen LogP contribution in [0.1, 0.15) is 72.1 Å². The van der Waals surface area contributed by atoms with Gasteiger partial charge in [-0.1, -0.05) is 26.3 Å². The molecule has 4 aliphatic rings. The first kappa shape index (κ1) is 25.1. The first-order valence-electron chi connectivity index (χ1n) is 12.8. The zero-order valence-corrected chi connectivity index (χ0v) is 20.2. The summed E-state index contributed by atoms with van der Waals surface area (Å²) in [6, 6.07) is 0. The van der Waals surface area contributed by atoms with Crippen LogP contribution in [0, 0.1) is 34.5 Å². The van der Waals surface area contributed by atoms with Crippen molar-refractivity contribution in [1.29, 1.82) is 0 Å². The number of esters is 1. The lowest BCUT2D eigenvalue weighted by Gasteiger charge is -2.61. The minimum atomic E-state index is -1.60. The summed E-state index contributed by atoms with van der Waals surface area (Å²) in [5.74, 6) is 0.902. The highest BCUT2D eigenvalue weighted by Crippen LogP contribution is 2.67. The van der Waals surface area contributed by atoms with Crippen molar-refractivity contribution < 1.29 is 35.1 Å². The van der Waals surface area contributed by atoms with Crippen LogP contribution in [0.4, 0.5) is 0 Å². The van der Waals surface area contributed by atoms with Gasteiger partial charge in [0.25, 0.3) is 0 Å². The first-order valence-corrected chi connectivity index (χ1v) is 12.8. The van der Waals surface area contributed by atoms with Crippen molar-refractivity contribution in [2.24, 2.45) is 34.5 Å². The quantitative estimate of drug-likeness (QED) is 0.299. The molecule has 188 valence electrons. The van der Waals surface area contributed by atoms with Gasteiger partial charge in [0, 0.05) is 11.8 Å². The molecule has 5 N–H and O–H groups in total. The molecule has 2 unspecified atom stereocenters. The predicted octanol–water partition coefficient (Wildman–Crippen LogP) is 1.93. The Kier molecular flexibility index (Phi) is 6.77. The monoisotopic (exact) mass is 466 g/mol. The second-order valence-corrected chi connectivity index (χ2v) is 11.6. The van der Waals surface area contributed by atoms with E-state index < -0.39 is 35.8 Å². The average Bonchev–Trinajstić information content (AvgIpc) is 3.11. The Morgan fingerprint density at radius 2 is 1.91 bits per heavy atom. The molecule has 0 aromatic rings. The Morgan fingerprint density at radius 3 is 2.55 bits per heavy atom. The molecule has 3 saturated carbocycles. The minimum Gasteiger partial charge on any atom is -0.456 e. The molecule has 0 radical (unpaired) electrons. The van der Waals surface area contributed by atoms with Gasteiger partial charge in [0.15, 0.2) is 6.10 Å². The topological polar surface area (TPSA) is 127 Å². The Bertz CT molecular complexity index is 783. The fourth-order valence-corrected chi connectivity index (χ4v) is 8.23. The number of aliphatic hydroxyl groups excluding tert-OH is 4. The zero-order chi connectivity index (χ0) is 24.2. The number of hydrogen-bond acceptors (Lipinski definition) is 7. The van der Waals surface area contributed by atoms with Gasteiger partial charge in [0.2, 0.25) is 0 Å². The maximum atomic E-state index is 12.0. The lowest BCUT2D eigenvalue weighted by Crippen LogP contribution is -2.59. The Balaban J connectivity index is 1.70. The molecule has 0 aliphatic heterocycles. The van der Waals surface area contributed by atoms with Gasteiger partial charge in [-0.05, 0) is 80.1 Å². The average molecular weight is 467 g/mol. The molecular formula is C26H42O7. The maximum absolute atomic E-state index is 12.0. The van der Waals surface area contributed by atoms with Gasteiger partial charge in [-0.2, -0.15) is 0 Å². The van der Waals surface area contributed by atoms with E-state index in [1.54, 1.807) is 13.0 Å². The van der Waals surface area contributed by atoms with Crippen LogP contribution in [-0.4, -0.2) is 68.6 Å². The fourth-order valence-electron chi connectivity index (χ4n) is 8.23. The largest absolute Gasteiger partial charge is 0.456 e. The van der Waals surface area contributed by atoms with Crippen molar-refractivity contribution in [2.45, 2.75) is 96.1 Å². The smallest absolute Gasteiger partial charge is 0.305 e. The Labute approximate surface area is 196 Å². The minimum absolute atomic E-state index is 0.00322. The summed E-state index contributed by atoms with van der Waals surface area (Å²) in [7, 11) is 0. The van der Waals surface area contributed by atoms with E-state index in [9.17, 15) is 30.3 Å². The van der Waals surface area contributed by atoms with Crippen molar-refractivity contribution in [1.82, 2.24) is 0 Å². The van der Waals surface area contributed by atoms with Crippen molar-refractivity contribution in [3.8, 4) is 0 Å². The van der Waals surface area contributed by atoms with Crippen LogP contribution in [0.2, 0.25) is 0 Å². The second kappa shape index (κ2) is 8.90. The van der Waals surface area contributed by atoms with Crippen LogP contribution < -0.4 is 0 Å². The summed E-state index contributed by atoms with van der Waals surface area (Å²) in [6.45, 7) is 5.49. The molecule has 0 amide bonds. The van der Waals surface area contributed by atoms with E-state index in [-0.39, 0.29) is 36.9 Å². The second-order valence-electron chi connectivity index (χ2n) is 11.6. The van der Waals surface area contributed by atoms with Crippen molar-refractivity contribution in [2.75, 3.05) is 13.2 Å². The number of aliphatic hydroxyl groups is 5. The van der Waals surface area contributed by atoms with Gasteiger partial charge in [0.1, 0.15) is 11.7 Å². The van der Waals surface area contributed by atoms with Crippen molar-refractivity contribution in [3.63, 3.8) is 0 Å². The molecule has 33 heavy (non-hydrogen) atoms. The van der Waals surface area contributed by atoms with Gasteiger partial charge in [0.05, 0.1) is 19.3 Å². The highest BCUT2D eigenvalue weighted by Gasteiger charge is 2.63. The highest BCUT2D eigenvalue weighted by atomic mass is 16.6. The molecule has 0 spiro atoms. The van der Waals surface area contributed by atoms with Crippen LogP contribution in [0.15, 0.2) is 11.6 Å². The molecule has 4 rings (SSSR count). The van der Waals surface area contributed by atoms with E-state index in [4.69, 9.17) is 4.74 Å². The summed E-state index contributed by atoms with van der Waals surface area (Å²) >= 11 is 0. The summed E-state index contributed by atoms with van der Waals surface area (Å²) in [6.07, 6.45) is 4.15. The van der Waals surface area contributed by atoms with Crippen LogP contribution in [0.25, 0.3) is 0 Å². The van der Waals surface area contributed by atoms with Crippen LogP contribution in [-0.2, 0) is 9.53 Å².